The largest absolute Gasteiger partial charge is 0.490 e. The summed E-state index contributed by atoms with van der Waals surface area (Å²) in [5.74, 6) is 0.826. The van der Waals surface area contributed by atoms with Gasteiger partial charge in [0.1, 0.15) is 19.0 Å². The number of hydrogen-bond acceptors (Lipinski definition) is 6. The Morgan fingerprint density at radius 1 is 1.41 bits per heavy atom. The number of anilines is 2. The molecule has 8 heteroatoms. The monoisotopic (exact) mass is 399 g/mol. The first-order valence-corrected chi connectivity index (χ1v) is 10.3. The van der Waals surface area contributed by atoms with Crippen molar-refractivity contribution in [1.82, 2.24) is 14.9 Å². The number of carbonyl (C=O) groups is 1. The van der Waals surface area contributed by atoms with Gasteiger partial charge in [0.05, 0.1) is 30.8 Å². The first-order valence-electron chi connectivity index (χ1n) is 10.3. The van der Waals surface area contributed by atoms with Crippen LogP contribution in [0, 0.1) is 0 Å². The van der Waals surface area contributed by atoms with Gasteiger partial charge in [-0.2, -0.15) is 0 Å². The van der Waals surface area contributed by atoms with E-state index in [2.05, 4.69) is 26.8 Å². The van der Waals surface area contributed by atoms with Crippen molar-refractivity contribution in [1.29, 1.82) is 0 Å². The number of nitrogens with one attached hydrogen (secondary N) is 1. The second-order valence-corrected chi connectivity index (χ2v) is 7.58. The van der Waals surface area contributed by atoms with E-state index in [0.29, 0.717) is 32.3 Å². The first kappa shape index (κ1) is 19.6. The average molecular weight is 399 g/mol. The van der Waals surface area contributed by atoms with Crippen LogP contribution in [-0.2, 0) is 11.3 Å². The molecule has 3 heterocycles. The van der Waals surface area contributed by atoms with Crippen molar-refractivity contribution in [3.63, 3.8) is 0 Å². The highest BCUT2D eigenvalue weighted by Gasteiger charge is 2.25. The molecule has 0 aliphatic carbocycles. The summed E-state index contributed by atoms with van der Waals surface area (Å²) in [7, 11) is 2.08. The van der Waals surface area contributed by atoms with Crippen LogP contribution in [0.15, 0.2) is 30.7 Å². The number of H-pyrrole nitrogens is 1. The number of benzene rings is 1. The molecule has 0 radical (unpaired) electrons. The van der Waals surface area contributed by atoms with Gasteiger partial charge in [-0.25, -0.2) is 9.78 Å². The minimum atomic E-state index is -0.302. The fraction of sp³-hybridized carbons (Fsp3) is 0.524. The number of carbonyl (C=O) groups excluding carboxylic acids is 1. The van der Waals surface area contributed by atoms with Crippen LogP contribution < -0.4 is 14.5 Å². The van der Waals surface area contributed by atoms with E-state index in [1.165, 1.54) is 0 Å². The third-order valence-corrected chi connectivity index (χ3v) is 5.73. The van der Waals surface area contributed by atoms with Gasteiger partial charge in [0.15, 0.2) is 0 Å². The molecule has 2 aliphatic heterocycles. The molecule has 8 nitrogen and oxygen atoms in total. The summed E-state index contributed by atoms with van der Waals surface area (Å²) in [5, 5.41) is 0. The van der Waals surface area contributed by atoms with Gasteiger partial charge >= 0.3 is 6.09 Å². The molecule has 1 fully saturated rings. The Morgan fingerprint density at radius 2 is 2.31 bits per heavy atom. The molecule has 1 N–H and O–H groups in total. The molecule has 2 aliphatic rings. The number of amides is 1. The molecule has 0 bridgehead atoms. The van der Waals surface area contributed by atoms with E-state index in [1.807, 2.05) is 31.3 Å². The van der Waals surface area contributed by atoms with Gasteiger partial charge in [-0.1, -0.05) is 0 Å². The maximum Gasteiger partial charge on any atom is 0.414 e. The first-order chi connectivity index (χ1) is 14.2. The Hall–Kier alpha value is -2.74. The number of aromatic nitrogens is 2. The lowest BCUT2D eigenvalue weighted by Crippen LogP contribution is -2.37. The zero-order chi connectivity index (χ0) is 20.2. The van der Waals surface area contributed by atoms with Crippen molar-refractivity contribution in [2.45, 2.75) is 32.4 Å². The molecule has 1 amide bonds. The van der Waals surface area contributed by atoms with E-state index >= 15 is 0 Å². The van der Waals surface area contributed by atoms with Gasteiger partial charge in [-0.15, -0.1) is 0 Å². The van der Waals surface area contributed by atoms with Crippen LogP contribution >= 0.6 is 0 Å². The number of nitrogens with zero attached hydrogens (tertiary/aromatic N) is 4. The summed E-state index contributed by atoms with van der Waals surface area (Å²) in [6.07, 6.45) is 5.52. The summed E-state index contributed by atoms with van der Waals surface area (Å²) in [6, 6.07) is 6.18. The van der Waals surface area contributed by atoms with Crippen LogP contribution in [0.5, 0.6) is 5.75 Å². The predicted octanol–water partition coefficient (Wildman–Crippen LogP) is 2.87. The smallest absolute Gasteiger partial charge is 0.414 e. The fourth-order valence-corrected chi connectivity index (χ4v) is 4.02. The van der Waals surface area contributed by atoms with E-state index in [1.54, 1.807) is 11.2 Å². The van der Waals surface area contributed by atoms with Crippen LogP contribution in [0.2, 0.25) is 0 Å². The second kappa shape index (κ2) is 8.73. The molecule has 29 heavy (non-hydrogen) atoms. The fourth-order valence-electron chi connectivity index (χ4n) is 4.02. The molecule has 1 atom stereocenters. The lowest BCUT2D eigenvalue weighted by Gasteiger charge is -2.32. The summed E-state index contributed by atoms with van der Waals surface area (Å²) < 4.78 is 11.5. The Bertz CT molecular complexity index is 826. The van der Waals surface area contributed by atoms with E-state index in [0.717, 1.165) is 48.7 Å². The van der Waals surface area contributed by atoms with Crippen LogP contribution in [0.25, 0.3) is 0 Å². The number of fused-ring (bicyclic) bond motifs is 1. The Kier molecular flexibility index (Phi) is 5.89. The number of ether oxygens (including phenoxy) is 2. The van der Waals surface area contributed by atoms with Gasteiger partial charge in [0.25, 0.3) is 0 Å². The van der Waals surface area contributed by atoms with Crippen LogP contribution in [0.3, 0.4) is 0 Å². The molecule has 0 spiro atoms. The predicted molar refractivity (Wildman–Crippen MR) is 112 cm³/mol. The minimum absolute atomic E-state index is 0.302. The van der Waals surface area contributed by atoms with E-state index < -0.39 is 0 Å². The van der Waals surface area contributed by atoms with Gasteiger partial charge in [-0.3, -0.25) is 4.90 Å². The van der Waals surface area contributed by atoms with Crippen LogP contribution in [0.1, 0.15) is 25.5 Å². The molecule has 4 rings (SSSR count). The minimum Gasteiger partial charge on any atom is -0.490 e. The van der Waals surface area contributed by atoms with E-state index in [4.69, 9.17) is 9.47 Å². The SMILES string of the molecule is CCN(C(=O)OC[C@H]1CCCN1C)c1ccc2c(c1)N(Cc1c[nH]cn1)CCO2. The summed E-state index contributed by atoms with van der Waals surface area (Å²) >= 11 is 0. The standard InChI is InChI=1S/C21H29N5O3/c1-3-26(21(27)29-14-18-5-4-8-24(18)2)17-6-7-20-19(11-17)25(9-10-28-20)13-16-12-22-15-23-16/h6-7,11-12,15,18H,3-5,8-10,13-14H2,1-2H3,(H,22,23)/t18-/m1/s1. The quantitative estimate of drug-likeness (QED) is 0.805. The molecule has 0 unspecified atom stereocenters. The highest BCUT2D eigenvalue weighted by atomic mass is 16.6. The average Bonchev–Trinajstić information content (AvgIpc) is 3.39. The number of aromatic amines is 1. The third kappa shape index (κ3) is 4.32. The molecule has 1 aromatic carbocycles. The third-order valence-electron chi connectivity index (χ3n) is 5.73. The topological polar surface area (TPSA) is 73.9 Å². The molecule has 2 aromatic rings. The van der Waals surface area contributed by atoms with Crippen molar-refractivity contribution < 1.29 is 14.3 Å². The van der Waals surface area contributed by atoms with Crippen molar-refractivity contribution in [2.24, 2.45) is 0 Å². The molecule has 1 saturated heterocycles. The molecular weight excluding hydrogens is 370 g/mol. The summed E-state index contributed by atoms with van der Waals surface area (Å²) in [4.78, 5) is 26.3. The molecule has 0 saturated carbocycles. The normalized spacial score (nSPS) is 19.0. The van der Waals surface area contributed by atoms with E-state index in [9.17, 15) is 4.79 Å². The Balaban J connectivity index is 1.48. The van der Waals surface area contributed by atoms with Crippen molar-refractivity contribution in [3.8, 4) is 5.75 Å². The maximum absolute atomic E-state index is 12.8. The van der Waals surface area contributed by atoms with Gasteiger partial charge in [0.2, 0.25) is 0 Å². The molecule has 1 aromatic heterocycles. The Labute approximate surface area is 171 Å². The number of rotatable bonds is 6. The molecular formula is C21H29N5O3. The maximum atomic E-state index is 12.8. The number of likely N-dealkylation sites (N-methyl/N-ethyl adjacent to an activating group) is 1. The Morgan fingerprint density at radius 3 is 3.03 bits per heavy atom. The van der Waals surface area contributed by atoms with Crippen molar-refractivity contribution in [3.05, 3.63) is 36.4 Å². The van der Waals surface area contributed by atoms with Gasteiger partial charge < -0.3 is 24.3 Å². The summed E-state index contributed by atoms with van der Waals surface area (Å²) in [6.45, 7) is 6.09. The van der Waals surface area contributed by atoms with Gasteiger partial charge in [0, 0.05) is 24.5 Å². The highest BCUT2D eigenvalue weighted by Crippen LogP contribution is 2.36. The van der Waals surface area contributed by atoms with Crippen LogP contribution in [-0.4, -0.2) is 66.9 Å². The molecule has 156 valence electrons. The van der Waals surface area contributed by atoms with Gasteiger partial charge in [-0.05, 0) is 51.6 Å². The lowest BCUT2D eigenvalue weighted by atomic mass is 10.2. The van der Waals surface area contributed by atoms with E-state index in [-0.39, 0.29) is 6.09 Å². The number of imidazole rings is 1. The summed E-state index contributed by atoms with van der Waals surface area (Å²) in [5.41, 5.74) is 2.75. The zero-order valence-corrected chi connectivity index (χ0v) is 17.1. The highest BCUT2D eigenvalue weighted by molar-refractivity contribution is 5.89. The number of likely N-dealkylation sites (tertiary alicyclic amines) is 1. The number of hydrogen-bond donors (Lipinski definition) is 1. The van der Waals surface area contributed by atoms with Crippen molar-refractivity contribution in [2.75, 3.05) is 49.7 Å². The zero-order valence-electron chi connectivity index (χ0n) is 17.1. The van der Waals surface area contributed by atoms with Crippen LogP contribution in [0.4, 0.5) is 16.2 Å². The second-order valence-electron chi connectivity index (χ2n) is 7.58. The van der Waals surface area contributed by atoms with Crippen molar-refractivity contribution >= 4 is 17.5 Å². The lowest BCUT2D eigenvalue weighted by molar-refractivity contribution is 0.121.